The average molecular weight is 462 g/mol. The van der Waals surface area contributed by atoms with Crippen molar-refractivity contribution in [2.24, 2.45) is 0 Å². The molecule has 0 aliphatic carbocycles. The first-order valence-corrected chi connectivity index (χ1v) is 10.5. The Morgan fingerprint density at radius 2 is 1.88 bits per heavy atom. The smallest absolute Gasteiger partial charge is 0.295 e. The number of benzene rings is 2. The summed E-state index contributed by atoms with van der Waals surface area (Å²) in [6.45, 7) is 5.81. The predicted octanol–water partition coefficient (Wildman–Crippen LogP) is 4.64. The molecule has 1 unspecified atom stereocenters. The number of Topliss-reactive ketones (excluding diaryl/α,β-unsaturated/α-hetero) is 1. The van der Waals surface area contributed by atoms with Crippen LogP contribution in [0.15, 0.2) is 42.0 Å². The number of aliphatic hydroxyl groups excluding tert-OH is 1. The molecule has 1 amide bonds. The number of halogens is 2. The Morgan fingerprint density at radius 3 is 2.47 bits per heavy atom. The van der Waals surface area contributed by atoms with Gasteiger partial charge in [-0.1, -0.05) is 23.7 Å². The topological polar surface area (TPSA) is 76.1 Å². The lowest BCUT2D eigenvalue weighted by Gasteiger charge is -2.26. The van der Waals surface area contributed by atoms with Crippen LogP contribution in [-0.4, -0.2) is 48.1 Å². The lowest BCUT2D eigenvalue weighted by atomic mass is 9.94. The quantitative estimate of drug-likeness (QED) is 0.369. The van der Waals surface area contributed by atoms with E-state index in [2.05, 4.69) is 0 Å². The van der Waals surface area contributed by atoms with Gasteiger partial charge in [0.15, 0.2) is 0 Å². The average Bonchev–Trinajstić information content (AvgIpc) is 2.98. The fourth-order valence-electron chi connectivity index (χ4n) is 3.75. The van der Waals surface area contributed by atoms with E-state index >= 15 is 0 Å². The Balaban J connectivity index is 2.18. The van der Waals surface area contributed by atoms with Crippen molar-refractivity contribution in [2.75, 3.05) is 20.3 Å². The van der Waals surface area contributed by atoms with Gasteiger partial charge in [-0.3, -0.25) is 9.59 Å². The van der Waals surface area contributed by atoms with Crippen molar-refractivity contribution in [3.63, 3.8) is 0 Å². The number of nitrogens with zero attached hydrogens (tertiary/aromatic N) is 1. The first-order valence-electron chi connectivity index (χ1n) is 10.2. The molecule has 1 aliphatic heterocycles. The van der Waals surface area contributed by atoms with Gasteiger partial charge in [0.2, 0.25) is 0 Å². The minimum Gasteiger partial charge on any atom is -0.507 e. The summed E-state index contributed by atoms with van der Waals surface area (Å²) in [7, 11) is 1.40. The van der Waals surface area contributed by atoms with Crippen LogP contribution in [0, 0.1) is 12.7 Å². The van der Waals surface area contributed by atoms with Crippen LogP contribution < -0.4 is 4.74 Å². The maximum Gasteiger partial charge on any atom is 0.295 e. The van der Waals surface area contributed by atoms with Gasteiger partial charge >= 0.3 is 0 Å². The Hall–Kier alpha value is -2.90. The summed E-state index contributed by atoms with van der Waals surface area (Å²) < 4.78 is 24.5. The number of amides is 1. The van der Waals surface area contributed by atoms with E-state index in [9.17, 15) is 19.1 Å². The van der Waals surface area contributed by atoms with E-state index in [0.717, 1.165) is 5.56 Å². The van der Waals surface area contributed by atoms with Crippen molar-refractivity contribution < 1.29 is 28.6 Å². The summed E-state index contributed by atoms with van der Waals surface area (Å²) >= 11 is 6.27. The number of hydrogen-bond donors (Lipinski definition) is 1. The fourth-order valence-corrected chi connectivity index (χ4v) is 4.10. The van der Waals surface area contributed by atoms with E-state index in [-0.39, 0.29) is 41.2 Å². The first kappa shape index (κ1) is 23.8. The van der Waals surface area contributed by atoms with Crippen LogP contribution >= 0.6 is 11.6 Å². The van der Waals surface area contributed by atoms with Crippen molar-refractivity contribution in [3.05, 3.63) is 69.5 Å². The molecule has 0 saturated carbocycles. The molecular weight excluding hydrogens is 437 g/mol. The summed E-state index contributed by atoms with van der Waals surface area (Å²) in [5.74, 6) is -2.30. The van der Waals surface area contributed by atoms with E-state index in [1.54, 1.807) is 19.1 Å². The molecule has 1 heterocycles. The van der Waals surface area contributed by atoms with Gasteiger partial charge in [-0.15, -0.1) is 0 Å². The third-order valence-corrected chi connectivity index (χ3v) is 5.44. The van der Waals surface area contributed by atoms with Gasteiger partial charge in [0.05, 0.1) is 42.0 Å². The maximum absolute atomic E-state index is 13.6. The van der Waals surface area contributed by atoms with Crippen LogP contribution in [-0.2, 0) is 14.3 Å². The number of aryl methyl sites for hydroxylation is 1. The molecule has 8 heteroatoms. The molecule has 1 N–H and O–H groups in total. The number of ether oxygens (including phenoxy) is 2. The molecule has 32 heavy (non-hydrogen) atoms. The second-order valence-corrected chi connectivity index (χ2v) is 8.20. The third-order valence-electron chi connectivity index (χ3n) is 5.16. The van der Waals surface area contributed by atoms with Crippen LogP contribution in [0.3, 0.4) is 0 Å². The highest BCUT2D eigenvalue weighted by Gasteiger charge is 2.46. The predicted molar refractivity (Wildman–Crippen MR) is 119 cm³/mol. The highest BCUT2D eigenvalue weighted by atomic mass is 35.5. The summed E-state index contributed by atoms with van der Waals surface area (Å²) in [4.78, 5) is 27.3. The van der Waals surface area contributed by atoms with Crippen LogP contribution in [0.5, 0.6) is 5.75 Å². The minimum absolute atomic E-state index is 0.0604. The molecule has 6 nitrogen and oxygen atoms in total. The fraction of sp³-hybridized carbons (Fsp3) is 0.333. The Kier molecular flexibility index (Phi) is 7.21. The van der Waals surface area contributed by atoms with Crippen molar-refractivity contribution in [1.29, 1.82) is 0 Å². The molecule has 1 aliphatic rings. The minimum atomic E-state index is -0.921. The van der Waals surface area contributed by atoms with Gasteiger partial charge < -0.3 is 19.5 Å². The summed E-state index contributed by atoms with van der Waals surface area (Å²) in [6.07, 6.45) is -0.0604. The second kappa shape index (κ2) is 9.71. The number of hydrogen-bond acceptors (Lipinski definition) is 5. The van der Waals surface area contributed by atoms with Crippen LogP contribution in [0.1, 0.15) is 36.6 Å². The molecule has 1 fully saturated rings. The van der Waals surface area contributed by atoms with Gasteiger partial charge in [0.1, 0.15) is 17.3 Å². The van der Waals surface area contributed by atoms with Crippen molar-refractivity contribution in [3.8, 4) is 5.75 Å². The number of likely N-dealkylation sites (tertiary alicyclic amines) is 1. The molecular formula is C24H25ClFNO5. The Bertz CT molecular complexity index is 1060. The SMILES string of the molecule is COc1c(Cl)cc(C)cc1/C(O)=C1\C(=O)C(=O)N(CCOC(C)C)C1c1ccc(F)cc1. The summed E-state index contributed by atoms with van der Waals surface area (Å²) in [6, 6.07) is 7.81. The number of aliphatic hydroxyl groups is 1. The van der Waals surface area contributed by atoms with Crippen molar-refractivity contribution in [1.82, 2.24) is 4.90 Å². The van der Waals surface area contributed by atoms with E-state index in [1.165, 1.54) is 36.3 Å². The summed E-state index contributed by atoms with van der Waals surface area (Å²) in [5, 5.41) is 11.5. The molecule has 0 aromatic heterocycles. The number of rotatable bonds is 7. The second-order valence-electron chi connectivity index (χ2n) is 7.79. The molecule has 2 aromatic carbocycles. The monoisotopic (exact) mass is 461 g/mol. The molecule has 170 valence electrons. The van der Waals surface area contributed by atoms with Gasteiger partial charge in [0.25, 0.3) is 11.7 Å². The Labute approximate surface area is 191 Å². The largest absolute Gasteiger partial charge is 0.507 e. The van der Waals surface area contributed by atoms with E-state index < -0.39 is 29.3 Å². The highest BCUT2D eigenvalue weighted by Crippen LogP contribution is 2.42. The van der Waals surface area contributed by atoms with E-state index in [0.29, 0.717) is 5.56 Å². The molecule has 1 saturated heterocycles. The maximum atomic E-state index is 13.6. The number of carbonyl (C=O) groups excluding carboxylic acids is 2. The van der Waals surface area contributed by atoms with Crippen LogP contribution in [0.25, 0.3) is 5.76 Å². The van der Waals surface area contributed by atoms with Crippen molar-refractivity contribution in [2.45, 2.75) is 32.9 Å². The van der Waals surface area contributed by atoms with Crippen LogP contribution in [0.2, 0.25) is 5.02 Å². The molecule has 0 radical (unpaired) electrons. The number of carbonyl (C=O) groups is 2. The molecule has 3 rings (SSSR count). The molecule has 0 spiro atoms. The lowest BCUT2D eigenvalue weighted by molar-refractivity contribution is -0.140. The normalized spacial score (nSPS) is 18.0. The molecule has 1 atom stereocenters. The molecule has 2 aromatic rings. The zero-order valence-corrected chi connectivity index (χ0v) is 19.1. The number of ketones is 1. The van der Waals surface area contributed by atoms with E-state index in [1.807, 2.05) is 13.8 Å². The highest BCUT2D eigenvalue weighted by molar-refractivity contribution is 6.46. The standard InChI is InChI=1S/C24H25ClFNO5/c1-13(2)32-10-9-27-20(15-5-7-16(26)8-6-15)19(22(29)24(27)30)21(28)17-11-14(3)12-18(25)23(17)31-4/h5-8,11-13,20,28H,9-10H2,1-4H3/b21-19+. The number of methoxy groups -OCH3 is 1. The van der Waals surface area contributed by atoms with Gasteiger partial charge in [-0.2, -0.15) is 0 Å². The van der Waals surface area contributed by atoms with Gasteiger partial charge in [-0.05, 0) is 56.2 Å². The lowest BCUT2D eigenvalue weighted by Crippen LogP contribution is -2.33. The van der Waals surface area contributed by atoms with E-state index in [4.69, 9.17) is 21.1 Å². The zero-order chi connectivity index (χ0) is 23.6. The van der Waals surface area contributed by atoms with Crippen molar-refractivity contribution >= 4 is 29.1 Å². The third kappa shape index (κ3) is 4.64. The van der Waals surface area contributed by atoms with Crippen LogP contribution in [0.4, 0.5) is 4.39 Å². The Morgan fingerprint density at radius 1 is 1.22 bits per heavy atom. The van der Waals surface area contributed by atoms with Gasteiger partial charge in [0, 0.05) is 6.54 Å². The van der Waals surface area contributed by atoms with Gasteiger partial charge in [-0.25, -0.2) is 4.39 Å². The zero-order valence-electron chi connectivity index (χ0n) is 18.3. The first-order chi connectivity index (χ1) is 15.1. The molecule has 0 bridgehead atoms. The summed E-state index contributed by atoms with van der Waals surface area (Å²) in [5.41, 5.74) is 1.29.